The highest BCUT2D eigenvalue weighted by Crippen LogP contribution is 2.51. The highest BCUT2D eigenvalue weighted by atomic mass is 14.4. The van der Waals surface area contributed by atoms with Crippen LogP contribution in [0, 0.1) is 11.8 Å². The molecule has 1 aromatic carbocycles. The molecule has 1 saturated carbocycles. The summed E-state index contributed by atoms with van der Waals surface area (Å²) in [6, 6.07) is 10.8. The van der Waals surface area contributed by atoms with Crippen molar-refractivity contribution in [3.05, 3.63) is 59.7 Å². The molecule has 0 spiro atoms. The van der Waals surface area contributed by atoms with E-state index in [9.17, 15) is 0 Å². The third kappa shape index (κ3) is 1.54. The zero-order chi connectivity index (χ0) is 10.3. The monoisotopic (exact) mass is 196 g/mol. The van der Waals surface area contributed by atoms with Gasteiger partial charge in [0.25, 0.3) is 0 Å². The maximum atomic E-state index is 2.35. The molecule has 1 aromatic rings. The minimum atomic E-state index is 0.589. The van der Waals surface area contributed by atoms with Crippen LogP contribution in [0.15, 0.2) is 54.1 Å². The largest absolute Gasteiger partial charge is 0.0808 e. The average molecular weight is 196 g/mol. The lowest BCUT2D eigenvalue weighted by atomic mass is 9.87. The fraction of sp³-hybridized carbons (Fsp3) is 0.333. The van der Waals surface area contributed by atoms with Crippen molar-refractivity contribution in [3.8, 4) is 0 Å². The smallest absolute Gasteiger partial charge is 0.00259 e. The van der Waals surface area contributed by atoms with Crippen LogP contribution in [-0.2, 0) is 0 Å². The van der Waals surface area contributed by atoms with Crippen molar-refractivity contribution in [2.75, 3.05) is 0 Å². The van der Waals surface area contributed by atoms with Crippen molar-refractivity contribution < 1.29 is 0 Å². The third-order valence-electron chi connectivity index (χ3n) is 3.71. The molecule has 0 aromatic heterocycles. The summed E-state index contributed by atoms with van der Waals surface area (Å²) in [7, 11) is 0. The van der Waals surface area contributed by atoms with E-state index >= 15 is 0 Å². The maximum Gasteiger partial charge on any atom is 0.00259 e. The number of benzene rings is 1. The summed E-state index contributed by atoms with van der Waals surface area (Å²) in [4.78, 5) is 0. The molecule has 0 radical (unpaired) electrons. The average Bonchev–Trinajstić information content (AvgIpc) is 3.08. The van der Waals surface area contributed by atoms with E-state index in [0.29, 0.717) is 5.92 Å². The molecule has 3 atom stereocenters. The molecule has 0 heteroatoms. The molecule has 0 nitrogen and oxygen atoms in total. The Hall–Kier alpha value is -1.30. The van der Waals surface area contributed by atoms with Crippen LogP contribution in [0.3, 0.4) is 0 Å². The minimum Gasteiger partial charge on any atom is -0.0808 e. The van der Waals surface area contributed by atoms with Crippen LogP contribution in [0.1, 0.15) is 24.8 Å². The molecule has 2 unspecified atom stereocenters. The van der Waals surface area contributed by atoms with Crippen LogP contribution in [0.25, 0.3) is 0 Å². The molecule has 1 fully saturated rings. The third-order valence-corrected chi connectivity index (χ3v) is 3.71. The normalized spacial score (nSPS) is 29.3. The standard InChI is InChI=1S/C15H16/c1-11(12-6-3-2-4-7-12)14-9-5-8-13-10-15(13)14/h2-9,11,13,15H,10H2,1H3/t11-,13?,15?/m1/s1. The van der Waals surface area contributed by atoms with Crippen LogP contribution in [-0.4, -0.2) is 0 Å². The Kier molecular flexibility index (Phi) is 2.02. The molecule has 0 heterocycles. The zero-order valence-electron chi connectivity index (χ0n) is 9.06. The lowest BCUT2D eigenvalue weighted by Gasteiger charge is -2.17. The van der Waals surface area contributed by atoms with E-state index in [-0.39, 0.29) is 0 Å². The van der Waals surface area contributed by atoms with E-state index in [1.165, 1.54) is 12.0 Å². The Bertz CT molecular complexity index is 411. The first kappa shape index (κ1) is 8.96. The highest BCUT2D eigenvalue weighted by Gasteiger charge is 2.40. The van der Waals surface area contributed by atoms with Gasteiger partial charge in [-0.05, 0) is 23.8 Å². The second-order valence-corrected chi connectivity index (χ2v) is 4.69. The van der Waals surface area contributed by atoms with Gasteiger partial charge in [0, 0.05) is 5.92 Å². The van der Waals surface area contributed by atoms with Gasteiger partial charge in [-0.2, -0.15) is 0 Å². The molecular formula is C15H16. The lowest BCUT2D eigenvalue weighted by molar-refractivity contribution is 0.767. The highest BCUT2D eigenvalue weighted by molar-refractivity contribution is 5.38. The van der Waals surface area contributed by atoms with E-state index in [1.807, 2.05) is 0 Å². The van der Waals surface area contributed by atoms with Gasteiger partial charge in [0.05, 0.1) is 0 Å². The molecule has 0 aliphatic heterocycles. The predicted octanol–water partition coefficient (Wildman–Crippen LogP) is 3.92. The second kappa shape index (κ2) is 3.37. The summed E-state index contributed by atoms with van der Waals surface area (Å²) < 4.78 is 0. The number of rotatable bonds is 2. The molecule has 3 rings (SSSR count). The van der Waals surface area contributed by atoms with Gasteiger partial charge in [0.15, 0.2) is 0 Å². The number of allylic oxidation sites excluding steroid dienone is 4. The van der Waals surface area contributed by atoms with Crippen molar-refractivity contribution in [2.24, 2.45) is 11.8 Å². The van der Waals surface area contributed by atoms with E-state index < -0.39 is 0 Å². The Morgan fingerprint density at radius 1 is 1.20 bits per heavy atom. The van der Waals surface area contributed by atoms with Gasteiger partial charge in [0.1, 0.15) is 0 Å². The molecule has 0 bridgehead atoms. The molecule has 2 aliphatic carbocycles. The van der Waals surface area contributed by atoms with Gasteiger partial charge < -0.3 is 0 Å². The fourth-order valence-electron chi connectivity index (χ4n) is 2.64. The Morgan fingerprint density at radius 3 is 2.80 bits per heavy atom. The molecule has 2 aliphatic rings. The van der Waals surface area contributed by atoms with E-state index in [2.05, 4.69) is 55.5 Å². The van der Waals surface area contributed by atoms with Gasteiger partial charge in [0.2, 0.25) is 0 Å². The maximum absolute atomic E-state index is 2.35. The summed E-state index contributed by atoms with van der Waals surface area (Å²) >= 11 is 0. The first-order valence-corrected chi connectivity index (χ1v) is 5.79. The molecule has 0 N–H and O–H groups in total. The minimum absolute atomic E-state index is 0.589. The van der Waals surface area contributed by atoms with Gasteiger partial charge in [-0.15, -0.1) is 0 Å². The van der Waals surface area contributed by atoms with Gasteiger partial charge in [-0.1, -0.05) is 61.1 Å². The van der Waals surface area contributed by atoms with Gasteiger partial charge in [-0.25, -0.2) is 0 Å². The summed E-state index contributed by atoms with van der Waals surface area (Å²) in [6.45, 7) is 2.33. The summed E-state index contributed by atoms with van der Waals surface area (Å²) in [5.41, 5.74) is 3.08. The Balaban J connectivity index is 1.89. The zero-order valence-corrected chi connectivity index (χ0v) is 9.06. The van der Waals surface area contributed by atoms with Crippen molar-refractivity contribution in [1.29, 1.82) is 0 Å². The van der Waals surface area contributed by atoms with Crippen molar-refractivity contribution in [2.45, 2.75) is 19.3 Å². The fourth-order valence-corrected chi connectivity index (χ4v) is 2.64. The Morgan fingerprint density at radius 2 is 2.00 bits per heavy atom. The first-order valence-electron chi connectivity index (χ1n) is 5.79. The van der Waals surface area contributed by atoms with Crippen LogP contribution < -0.4 is 0 Å². The first-order chi connectivity index (χ1) is 7.36. The van der Waals surface area contributed by atoms with Gasteiger partial charge in [-0.3, -0.25) is 0 Å². The van der Waals surface area contributed by atoms with E-state index in [4.69, 9.17) is 0 Å². The quantitative estimate of drug-likeness (QED) is 0.672. The SMILES string of the molecule is C[C@@H](C1=CC=CC2CC12)c1ccccc1. The molecule has 15 heavy (non-hydrogen) atoms. The topological polar surface area (TPSA) is 0 Å². The molecular weight excluding hydrogens is 180 g/mol. The molecule has 76 valence electrons. The van der Waals surface area contributed by atoms with E-state index in [1.54, 1.807) is 5.57 Å². The molecule has 0 saturated heterocycles. The number of hydrogen-bond donors (Lipinski definition) is 0. The van der Waals surface area contributed by atoms with Crippen molar-refractivity contribution in [3.63, 3.8) is 0 Å². The predicted molar refractivity (Wildman–Crippen MR) is 63.7 cm³/mol. The van der Waals surface area contributed by atoms with E-state index in [0.717, 1.165) is 11.8 Å². The van der Waals surface area contributed by atoms with Gasteiger partial charge >= 0.3 is 0 Å². The number of fused-ring (bicyclic) bond motifs is 1. The second-order valence-electron chi connectivity index (χ2n) is 4.69. The van der Waals surface area contributed by atoms with Crippen LogP contribution in [0.4, 0.5) is 0 Å². The lowest BCUT2D eigenvalue weighted by Crippen LogP contribution is -2.02. The van der Waals surface area contributed by atoms with Crippen LogP contribution >= 0.6 is 0 Å². The summed E-state index contributed by atoms with van der Waals surface area (Å²) in [5.74, 6) is 2.30. The van der Waals surface area contributed by atoms with Crippen LogP contribution in [0.2, 0.25) is 0 Å². The summed E-state index contributed by atoms with van der Waals surface area (Å²) in [5, 5.41) is 0. The summed E-state index contributed by atoms with van der Waals surface area (Å²) in [6.07, 6.45) is 8.29. The van der Waals surface area contributed by atoms with Crippen LogP contribution in [0.5, 0.6) is 0 Å². The number of hydrogen-bond acceptors (Lipinski definition) is 0. The molecule has 0 amide bonds. The van der Waals surface area contributed by atoms with Crippen molar-refractivity contribution in [1.82, 2.24) is 0 Å². The Labute approximate surface area is 91.3 Å². The van der Waals surface area contributed by atoms with Crippen molar-refractivity contribution >= 4 is 0 Å².